The molecule has 0 aromatic heterocycles. The lowest BCUT2D eigenvalue weighted by molar-refractivity contribution is -0.134. The Labute approximate surface area is 163 Å². The van der Waals surface area contributed by atoms with Crippen molar-refractivity contribution in [3.63, 3.8) is 0 Å². The number of rotatable bonds is 5. The van der Waals surface area contributed by atoms with Crippen LogP contribution in [0, 0.1) is 5.92 Å². The summed E-state index contributed by atoms with van der Waals surface area (Å²) in [6, 6.07) is 9.29. The normalized spacial score (nSPS) is 28.4. The number of piperidine rings is 3. The standard InChI is InChI=1S/C22H34N4O/c1-23(2)20-6-3-18(4-7-20)5-8-22(27)26-15-13-25(14-16-26)21-17-24-11-9-19(21)10-12-24/h3-4,6-7,19,21H,5,8-17H2,1-2H3/t21-/m0/s1. The molecule has 0 aliphatic carbocycles. The van der Waals surface area contributed by atoms with Crippen molar-refractivity contribution in [3.8, 4) is 0 Å². The third-order valence-corrected chi connectivity index (χ3v) is 6.84. The minimum Gasteiger partial charge on any atom is -0.378 e. The molecule has 0 unspecified atom stereocenters. The molecule has 0 radical (unpaired) electrons. The highest BCUT2D eigenvalue weighted by Crippen LogP contribution is 2.31. The molecule has 4 aliphatic rings. The van der Waals surface area contributed by atoms with Crippen LogP contribution < -0.4 is 4.90 Å². The molecule has 5 heteroatoms. The molecule has 0 spiro atoms. The third-order valence-electron chi connectivity index (χ3n) is 6.84. The number of carbonyl (C=O) groups is 1. The van der Waals surface area contributed by atoms with Crippen LogP contribution in [0.15, 0.2) is 24.3 Å². The number of amides is 1. The zero-order valence-corrected chi connectivity index (χ0v) is 16.9. The monoisotopic (exact) mass is 370 g/mol. The average Bonchev–Trinajstić information content (AvgIpc) is 2.73. The predicted molar refractivity (Wildman–Crippen MR) is 110 cm³/mol. The van der Waals surface area contributed by atoms with Crippen molar-refractivity contribution in [3.05, 3.63) is 29.8 Å². The van der Waals surface area contributed by atoms with E-state index in [4.69, 9.17) is 0 Å². The first-order valence-electron chi connectivity index (χ1n) is 10.6. The molecule has 5 rings (SSSR count). The average molecular weight is 371 g/mol. The largest absolute Gasteiger partial charge is 0.378 e. The summed E-state index contributed by atoms with van der Waals surface area (Å²) in [5.74, 6) is 1.21. The van der Waals surface area contributed by atoms with Crippen LogP contribution >= 0.6 is 0 Å². The van der Waals surface area contributed by atoms with E-state index in [0.717, 1.165) is 44.6 Å². The Morgan fingerprint density at radius 1 is 1.00 bits per heavy atom. The fourth-order valence-electron chi connectivity index (χ4n) is 5.02. The summed E-state index contributed by atoms with van der Waals surface area (Å²) in [5.41, 5.74) is 2.45. The summed E-state index contributed by atoms with van der Waals surface area (Å²) >= 11 is 0. The Morgan fingerprint density at radius 3 is 2.22 bits per heavy atom. The molecule has 5 nitrogen and oxygen atoms in total. The van der Waals surface area contributed by atoms with E-state index in [2.05, 4.69) is 43.9 Å². The van der Waals surface area contributed by atoms with Gasteiger partial charge in [0.25, 0.3) is 0 Å². The number of benzene rings is 1. The molecule has 2 bridgehead atoms. The molecule has 1 aromatic rings. The molecule has 4 aliphatic heterocycles. The van der Waals surface area contributed by atoms with Gasteiger partial charge in [0.15, 0.2) is 0 Å². The van der Waals surface area contributed by atoms with Gasteiger partial charge in [-0.05, 0) is 56.0 Å². The maximum Gasteiger partial charge on any atom is 0.222 e. The molecule has 0 N–H and O–H groups in total. The van der Waals surface area contributed by atoms with Crippen LogP contribution in [0.3, 0.4) is 0 Å². The van der Waals surface area contributed by atoms with Gasteiger partial charge in [-0.2, -0.15) is 0 Å². The lowest BCUT2D eigenvalue weighted by atomic mass is 9.83. The van der Waals surface area contributed by atoms with E-state index >= 15 is 0 Å². The molecule has 1 aromatic carbocycles. The van der Waals surface area contributed by atoms with E-state index in [1.807, 2.05) is 14.1 Å². The van der Waals surface area contributed by atoms with Gasteiger partial charge in [-0.1, -0.05) is 12.1 Å². The molecule has 4 saturated heterocycles. The summed E-state index contributed by atoms with van der Waals surface area (Å²) in [6.07, 6.45) is 4.21. The fourth-order valence-corrected chi connectivity index (χ4v) is 5.02. The zero-order valence-electron chi connectivity index (χ0n) is 16.9. The zero-order chi connectivity index (χ0) is 18.8. The van der Waals surface area contributed by atoms with Crippen LogP contribution in [-0.4, -0.2) is 86.6 Å². The molecule has 1 amide bonds. The highest BCUT2D eigenvalue weighted by molar-refractivity contribution is 5.76. The molecule has 4 heterocycles. The fraction of sp³-hybridized carbons (Fsp3) is 0.682. The molecule has 0 saturated carbocycles. The second-order valence-corrected chi connectivity index (χ2v) is 8.68. The number of hydrogen-bond donors (Lipinski definition) is 0. The summed E-state index contributed by atoms with van der Waals surface area (Å²) in [6.45, 7) is 7.77. The van der Waals surface area contributed by atoms with E-state index < -0.39 is 0 Å². The first kappa shape index (κ1) is 18.8. The Kier molecular flexibility index (Phi) is 5.69. The SMILES string of the molecule is CN(C)c1ccc(CCC(=O)N2CCN([C@H]3CN4CCC3CC4)CC2)cc1. The van der Waals surface area contributed by atoms with Crippen LogP contribution in [0.1, 0.15) is 24.8 Å². The van der Waals surface area contributed by atoms with Gasteiger partial charge in [0.1, 0.15) is 0 Å². The maximum absolute atomic E-state index is 12.6. The van der Waals surface area contributed by atoms with Crippen LogP contribution in [0.2, 0.25) is 0 Å². The van der Waals surface area contributed by atoms with Gasteiger partial charge in [-0.25, -0.2) is 0 Å². The number of carbonyl (C=O) groups excluding carboxylic acids is 1. The Balaban J connectivity index is 1.23. The third kappa shape index (κ3) is 4.30. The van der Waals surface area contributed by atoms with Crippen LogP contribution in [0.5, 0.6) is 0 Å². The van der Waals surface area contributed by atoms with E-state index in [0.29, 0.717) is 12.3 Å². The lowest BCUT2D eigenvalue weighted by Gasteiger charge is -2.51. The Morgan fingerprint density at radius 2 is 1.67 bits per heavy atom. The van der Waals surface area contributed by atoms with Crippen molar-refractivity contribution in [2.75, 3.05) is 64.8 Å². The van der Waals surface area contributed by atoms with Crippen molar-refractivity contribution in [1.29, 1.82) is 0 Å². The van der Waals surface area contributed by atoms with Gasteiger partial charge >= 0.3 is 0 Å². The van der Waals surface area contributed by atoms with E-state index in [-0.39, 0.29) is 0 Å². The molecule has 1 atom stereocenters. The number of aryl methyl sites for hydroxylation is 1. The summed E-state index contributed by atoms with van der Waals surface area (Å²) in [4.78, 5) is 22.1. The van der Waals surface area contributed by atoms with Gasteiger partial charge in [-0.15, -0.1) is 0 Å². The van der Waals surface area contributed by atoms with Crippen molar-refractivity contribution in [1.82, 2.24) is 14.7 Å². The van der Waals surface area contributed by atoms with Crippen molar-refractivity contribution >= 4 is 11.6 Å². The molecule has 4 fully saturated rings. The summed E-state index contributed by atoms with van der Waals surface area (Å²) in [7, 11) is 4.10. The van der Waals surface area contributed by atoms with Crippen LogP contribution in [0.4, 0.5) is 5.69 Å². The minimum atomic E-state index is 0.320. The minimum absolute atomic E-state index is 0.320. The Hall–Kier alpha value is -1.59. The highest BCUT2D eigenvalue weighted by Gasteiger charge is 2.38. The van der Waals surface area contributed by atoms with Gasteiger partial charge in [0.2, 0.25) is 5.91 Å². The number of fused-ring (bicyclic) bond motifs is 3. The van der Waals surface area contributed by atoms with Gasteiger partial charge in [0.05, 0.1) is 0 Å². The molecule has 148 valence electrons. The first-order chi connectivity index (χ1) is 13.1. The van der Waals surface area contributed by atoms with E-state index in [1.165, 1.54) is 43.7 Å². The van der Waals surface area contributed by atoms with Crippen LogP contribution in [0.25, 0.3) is 0 Å². The summed E-state index contributed by atoms with van der Waals surface area (Å²) < 4.78 is 0. The number of hydrogen-bond acceptors (Lipinski definition) is 4. The number of anilines is 1. The van der Waals surface area contributed by atoms with E-state index in [1.54, 1.807) is 0 Å². The maximum atomic E-state index is 12.6. The molecular formula is C22H34N4O. The quantitative estimate of drug-likeness (QED) is 0.792. The van der Waals surface area contributed by atoms with Crippen molar-refractivity contribution in [2.24, 2.45) is 5.92 Å². The molecular weight excluding hydrogens is 336 g/mol. The highest BCUT2D eigenvalue weighted by atomic mass is 16.2. The van der Waals surface area contributed by atoms with Gasteiger partial charge in [0, 0.05) is 65.0 Å². The topological polar surface area (TPSA) is 30.0 Å². The number of nitrogens with zero attached hydrogens (tertiary/aromatic N) is 4. The van der Waals surface area contributed by atoms with Gasteiger partial charge in [-0.3, -0.25) is 9.69 Å². The van der Waals surface area contributed by atoms with Crippen molar-refractivity contribution < 1.29 is 4.79 Å². The molecule has 27 heavy (non-hydrogen) atoms. The van der Waals surface area contributed by atoms with E-state index in [9.17, 15) is 4.79 Å². The lowest BCUT2D eigenvalue weighted by Crippen LogP contribution is -2.61. The smallest absolute Gasteiger partial charge is 0.222 e. The predicted octanol–water partition coefficient (Wildman–Crippen LogP) is 1.92. The first-order valence-corrected chi connectivity index (χ1v) is 10.6. The second kappa shape index (κ2) is 8.19. The Bertz CT molecular complexity index is 628. The summed E-state index contributed by atoms with van der Waals surface area (Å²) in [5, 5.41) is 0. The van der Waals surface area contributed by atoms with Crippen molar-refractivity contribution in [2.45, 2.75) is 31.7 Å². The number of piperazine rings is 1. The van der Waals surface area contributed by atoms with Gasteiger partial charge < -0.3 is 14.7 Å². The second-order valence-electron chi connectivity index (χ2n) is 8.68. The van der Waals surface area contributed by atoms with Crippen LogP contribution in [-0.2, 0) is 11.2 Å².